The van der Waals surface area contributed by atoms with Crippen LogP contribution >= 0.6 is 0 Å². The molecule has 8 nitrogen and oxygen atoms in total. The summed E-state index contributed by atoms with van der Waals surface area (Å²) < 4.78 is 25.8. The van der Waals surface area contributed by atoms with E-state index < -0.39 is 5.97 Å². The van der Waals surface area contributed by atoms with Crippen LogP contribution in [0.4, 0.5) is 0 Å². The lowest BCUT2D eigenvalue weighted by Gasteiger charge is -2.17. The van der Waals surface area contributed by atoms with Crippen LogP contribution in [-0.2, 0) is 36.8 Å². The molecule has 1 heterocycles. The van der Waals surface area contributed by atoms with E-state index in [2.05, 4.69) is 4.74 Å². The first kappa shape index (κ1) is 22.7. The van der Waals surface area contributed by atoms with Gasteiger partial charge in [-0.25, -0.2) is 4.79 Å². The maximum atomic E-state index is 12.3. The fraction of sp³-hybridized carbons (Fsp3) is 0.524. The van der Waals surface area contributed by atoms with Crippen molar-refractivity contribution in [2.75, 3.05) is 34.2 Å². The molecule has 0 saturated heterocycles. The molecule has 1 aromatic carbocycles. The van der Waals surface area contributed by atoms with Gasteiger partial charge in [0.25, 0.3) is 0 Å². The third kappa shape index (κ3) is 5.71. The van der Waals surface area contributed by atoms with Gasteiger partial charge in [-0.15, -0.1) is 0 Å². The Hall–Kier alpha value is -2.58. The van der Waals surface area contributed by atoms with E-state index in [9.17, 15) is 14.7 Å². The summed E-state index contributed by atoms with van der Waals surface area (Å²) in [6.07, 6.45) is 3.03. The molecule has 0 unspecified atom stereocenters. The van der Waals surface area contributed by atoms with Gasteiger partial charge in [-0.2, -0.15) is 0 Å². The number of benzene rings is 1. The molecule has 0 amide bonds. The number of aromatic hydroxyl groups is 1. The molecule has 0 bridgehead atoms. The van der Waals surface area contributed by atoms with Crippen LogP contribution in [0.25, 0.3) is 0 Å². The zero-order valence-corrected chi connectivity index (χ0v) is 17.3. The van der Waals surface area contributed by atoms with Crippen molar-refractivity contribution in [3.63, 3.8) is 0 Å². The first-order valence-corrected chi connectivity index (χ1v) is 9.37. The number of esters is 2. The number of hydrogen-bond donors (Lipinski definition) is 1. The Bertz CT molecular complexity index is 782. The number of ether oxygens (including phenoxy) is 5. The van der Waals surface area contributed by atoms with Gasteiger partial charge in [0.2, 0.25) is 0 Å². The molecule has 0 saturated carbocycles. The number of allylic oxidation sites excluding steroid dienone is 2. The highest BCUT2D eigenvalue weighted by Gasteiger charge is 2.32. The quantitative estimate of drug-likeness (QED) is 0.258. The molecule has 1 aliphatic rings. The predicted octanol–water partition coefficient (Wildman–Crippen LogP) is 2.81. The number of phenolic OH excluding ortho intramolecular Hbond substituents is 1. The standard InChI is InChI=1S/C21H28O8/c1-13(6-8-17(22)26-4)5-7-15-19(23)14(2)16-11-28-21(24)18(16)20(15)29-12-27-10-9-25-3/h5,23H,6-12H2,1-4H3/b13-5+. The average molecular weight is 408 g/mol. The van der Waals surface area contributed by atoms with E-state index in [1.54, 1.807) is 14.0 Å². The molecule has 1 N–H and O–H groups in total. The van der Waals surface area contributed by atoms with Crippen LogP contribution in [-0.4, -0.2) is 51.3 Å². The minimum absolute atomic E-state index is 0.0611. The summed E-state index contributed by atoms with van der Waals surface area (Å²) in [7, 11) is 2.92. The smallest absolute Gasteiger partial charge is 0.342 e. The van der Waals surface area contributed by atoms with Gasteiger partial charge in [-0.05, 0) is 32.3 Å². The van der Waals surface area contributed by atoms with E-state index in [0.29, 0.717) is 48.3 Å². The summed E-state index contributed by atoms with van der Waals surface area (Å²) in [6, 6.07) is 0. The van der Waals surface area contributed by atoms with Crippen LogP contribution in [0.15, 0.2) is 11.6 Å². The fourth-order valence-electron chi connectivity index (χ4n) is 2.99. The third-order valence-electron chi connectivity index (χ3n) is 4.77. The largest absolute Gasteiger partial charge is 0.507 e. The zero-order valence-electron chi connectivity index (χ0n) is 17.3. The second-order valence-corrected chi connectivity index (χ2v) is 6.70. The van der Waals surface area contributed by atoms with E-state index in [1.165, 1.54) is 7.11 Å². The lowest BCUT2D eigenvalue weighted by Crippen LogP contribution is -2.12. The van der Waals surface area contributed by atoms with Crippen molar-refractivity contribution in [2.24, 2.45) is 0 Å². The van der Waals surface area contributed by atoms with Gasteiger partial charge < -0.3 is 28.8 Å². The molecule has 29 heavy (non-hydrogen) atoms. The van der Waals surface area contributed by atoms with Crippen LogP contribution < -0.4 is 4.74 Å². The number of carbonyl (C=O) groups is 2. The number of cyclic esters (lactones) is 1. The molecule has 0 atom stereocenters. The number of rotatable bonds is 11. The highest BCUT2D eigenvalue weighted by atomic mass is 16.7. The Morgan fingerprint density at radius 3 is 2.69 bits per heavy atom. The molecule has 0 fully saturated rings. The van der Waals surface area contributed by atoms with Crippen molar-refractivity contribution in [3.8, 4) is 11.5 Å². The van der Waals surface area contributed by atoms with Crippen molar-refractivity contribution >= 4 is 11.9 Å². The summed E-state index contributed by atoms with van der Waals surface area (Å²) in [6.45, 7) is 4.39. The summed E-state index contributed by atoms with van der Waals surface area (Å²) >= 11 is 0. The molecule has 0 spiro atoms. The van der Waals surface area contributed by atoms with E-state index >= 15 is 0 Å². The summed E-state index contributed by atoms with van der Waals surface area (Å²) in [5.41, 5.74) is 2.97. The molecule has 160 valence electrons. The van der Waals surface area contributed by atoms with Crippen molar-refractivity contribution in [2.45, 2.75) is 39.7 Å². The lowest BCUT2D eigenvalue weighted by molar-refractivity contribution is -0.140. The third-order valence-corrected chi connectivity index (χ3v) is 4.77. The number of carbonyl (C=O) groups excluding carboxylic acids is 2. The van der Waals surface area contributed by atoms with Gasteiger partial charge in [0.05, 0.1) is 20.3 Å². The summed E-state index contributed by atoms with van der Waals surface area (Å²) in [5, 5.41) is 10.7. The van der Waals surface area contributed by atoms with E-state index in [0.717, 1.165) is 5.57 Å². The van der Waals surface area contributed by atoms with Crippen LogP contribution in [0, 0.1) is 6.92 Å². The Morgan fingerprint density at radius 2 is 2.00 bits per heavy atom. The summed E-state index contributed by atoms with van der Waals surface area (Å²) in [4.78, 5) is 23.6. The normalized spacial score (nSPS) is 13.2. The second kappa shape index (κ2) is 10.8. The molecule has 1 aliphatic heterocycles. The van der Waals surface area contributed by atoms with E-state index in [-0.39, 0.29) is 37.3 Å². The van der Waals surface area contributed by atoms with Gasteiger partial charge in [-0.3, -0.25) is 4.79 Å². The minimum Gasteiger partial charge on any atom is -0.507 e. The van der Waals surface area contributed by atoms with Gasteiger partial charge >= 0.3 is 11.9 Å². The number of fused-ring (bicyclic) bond motifs is 1. The Balaban J connectivity index is 2.27. The molecular weight excluding hydrogens is 380 g/mol. The van der Waals surface area contributed by atoms with Crippen molar-refractivity contribution in [1.82, 2.24) is 0 Å². The first-order valence-electron chi connectivity index (χ1n) is 9.37. The molecule has 2 rings (SSSR count). The van der Waals surface area contributed by atoms with Crippen LogP contribution in [0.3, 0.4) is 0 Å². The lowest BCUT2D eigenvalue weighted by atomic mass is 9.94. The van der Waals surface area contributed by atoms with Crippen LogP contribution in [0.2, 0.25) is 0 Å². The fourth-order valence-corrected chi connectivity index (χ4v) is 2.99. The molecule has 8 heteroatoms. The van der Waals surface area contributed by atoms with Crippen molar-refractivity contribution in [1.29, 1.82) is 0 Å². The Labute approximate surface area is 170 Å². The van der Waals surface area contributed by atoms with Gasteiger partial charge in [-0.1, -0.05) is 11.6 Å². The number of phenols is 1. The van der Waals surface area contributed by atoms with E-state index in [1.807, 2.05) is 13.0 Å². The monoisotopic (exact) mass is 408 g/mol. The van der Waals surface area contributed by atoms with Crippen LogP contribution in [0.1, 0.15) is 46.8 Å². The SMILES string of the molecule is COCCOCOc1c(C/C=C(\C)CCC(=O)OC)c(O)c(C)c2c1C(=O)OC2. The van der Waals surface area contributed by atoms with Gasteiger partial charge in [0, 0.05) is 24.7 Å². The zero-order chi connectivity index (χ0) is 21.4. The summed E-state index contributed by atoms with van der Waals surface area (Å²) in [5.74, 6) is -0.442. The van der Waals surface area contributed by atoms with Gasteiger partial charge in [0.15, 0.2) is 6.79 Å². The maximum absolute atomic E-state index is 12.3. The number of methoxy groups -OCH3 is 2. The number of hydrogen-bond acceptors (Lipinski definition) is 8. The highest BCUT2D eigenvalue weighted by molar-refractivity contribution is 5.98. The first-order chi connectivity index (χ1) is 13.9. The van der Waals surface area contributed by atoms with Gasteiger partial charge in [0.1, 0.15) is 23.7 Å². The Morgan fingerprint density at radius 1 is 1.24 bits per heavy atom. The van der Waals surface area contributed by atoms with Crippen LogP contribution in [0.5, 0.6) is 11.5 Å². The topological polar surface area (TPSA) is 101 Å². The average Bonchev–Trinajstić information content (AvgIpc) is 3.10. The molecule has 0 aliphatic carbocycles. The second-order valence-electron chi connectivity index (χ2n) is 6.70. The molecule has 0 aromatic heterocycles. The highest BCUT2D eigenvalue weighted by Crippen LogP contribution is 2.42. The molecule has 1 aromatic rings. The minimum atomic E-state index is -0.484. The Kier molecular flexibility index (Phi) is 8.48. The van der Waals surface area contributed by atoms with Crippen molar-refractivity contribution < 1.29 is 38.4 Å². The molecule has 0 radical (unpaired) electrons. The van der Waals surface area contributed by atoms with Crippen molar-refractivity contribution in [3.05, 3.63) is 33.9 Å². The predicted molar refractivity (Wildman–Crippen MR) is 104 cm³/mol. The molecular formula is C21H28O8. The van der Waals surface area contributed by atoms with E-state index in [4.69, 9.17) is 18.9 Å². The maximum Gasteiger partial charge on any atom is 0.342 e.